The molecule has 0 aliphatic carbocycles. The van der Waals surface area contributed by atoms with Gasteiger partial charge in [0.2, 0.25) is 0 Å². The van der Waals surface area contributed by atoms with Gasteiger partial charge in [0, 0.05) is 20.8 Å². The highest BCUT2D eigenvalue weighted by Crippen LogP contribution is 1.99. The van der Waals surface area contributed by atoms with Gasteiger partial charge in [-0.25, -0.2) is 9.59 Å². The van der Waals surface area contributed by atoms with Crippen molar-refractivity contribution in [1.82, 2.24) is 10.2 Å². The molecule has 2 amide bonds. The van der Waals surface area contributed by atoms with E-state index < -0.39 is 24.0 Å². The summed E-state index contributed by atoms with van der Waals surface area (Å²) >= 11 is 0. The SMILES string of the molecule is COCCCC(NC(=O)N(C)CC(=O)OC)C(=O)O. The number of likely N-dealkylation sites (N-methyl/N-ethyl adjacent to an activating group) is 1. The molecular weight excluding hydrogens is 256 g/mol. The van der Waals surface area contributed by atoms with Crippen LogP contribution in [0.1, 0.15) is 12.8 Å². The predicted octanol–water partition coefficient (Wildman–Crippen LogP) is -0.319. The Balaban J connectivity index is 4.29. The summed E-state index contributed by atoms with van der Waals surface area (Å²) in [6.07, 6.45) is 0.759. The molecular formula is C11H20N2O6. The number of hydrogen-bond donors (Lipinski definition) is 2. The first-order valence-electron chi connectivity index (χ1n) is 5.72. The number of aliphatic carboxylic acids is 1. The molecule has 0 saturated carbocycles. The lowest BCUT2D eigenvalue weighted by Gasteiger charge is -2.20. The Morgan fingerprint density at radius 1 is 1.32 bits per heavy atom. The van der Waals surface area contributed by atoms with Crippen LogP contribution in [0, 0.1) is 0 Å². The fourth-order valence-corrected chi connectivity index (χ4v) is 1.28. The van der Waals surface area contributed by atoms with E-state index in [-0.39, 0.29) is 13.0 Å². The van der Waals surface area contributed by atoms with E-state index in [1.54, 1.807) is 0 Å². The van der Waals surface area contributed by atoms with Gasteiger partial charge in [0.15, 0.2) is 0 Å². The molecule has 0 saturated heterocycles. The average molecular weight is 276 g/mol. The largest absolute Gasteiger partial charge is 0.480 e. The Labute approximate surface area is 111 Å². The number of carbonyl (C=O) groups is 3. The third-order valence-corrected chi connectivity index (χ3v) is 2.38. The van der Waals surface area contributed by atoms with Gasteiger partial charge in [-0.3, -0.25) is 4.79 Å². The van der Waals surface area contributed by atoms with Gasteiger partial charge in [-0.1, -0.05) is 0 Å². The number of methoxy groups -OCH3 is 2. The van der Waals surface area contributed by atoms with Crippen LogP contribution in [0.4, 0.5) is 4.79 Å². The molecule has 110 valence electrons. The smallest absolute Gasteiger partial charge is 0.326 e. The number of hydrogen-bond acceptors (Lipinski definition) is 5. The molecule has 0 spiro atoms. The first-order chi connectivity index (χ1) is 8.92. The zero-order chi connectivity index (χ0) is 14.8. The van der Waals surface area contributed by atoms with Crippen molar-refractivity contribution in [2.75, 3.05) is 34.4 Å². The molecule has 0 aliphatic heterocycles. The van der Waals surface area contributed by atoms with E-state index in [1.165, 1.54) is 21.3 Å². The van der Waals surface area contributed by atoms with Crippen LogP contribution in [0.5, 0.6) is 0 Å². The van der Waals surface area contributed by atoms with Gasteiger partial charge in [-0.05, 0) is 12.8 Å². The number of urea groups is 1. The van der Waals surface area contributed by atoms with Crippen LogP contribution in [0.2, 0.25) is 0 Å². The quantitative estimate of drug-likeness (QED) is 0.465. The van der Waals surface area contributed by atoms with Crippen molar-refractivity contribution >= 4 is 18.0 Å². The number of ether oxygens (including phenoxy) is 2. The maximum atomic E-state index is 11.7. The van der Waals surface area contributed by atoms with E-state index in [0.29, 0.717) is 13.0 Å². The van der Waals surface area contributed by atoms with Gasteiger partial charge in [-0.15, -0.1) is 0 Å². The monoisotopic (exact) mass is 276 g/mol. The van der Waals surface area contributed by atoms with Crippen molar-refractivity contribution in [2.24, 2.45) is 0 Å². The van der Waals surface area contributed by atoms with E-state index in [2.05, 4.69) is 10.1 Å². The lowest BCUT2D eigenvalue weighted by Crippen LogP contribution is -2.48. The molecule has 0 aromatic carbocycles. The predicted molar refractivity (Wildman–Crippen MR) is 65.7 cm³/mol. The minimum absolute atomic E-state index is 0.243. The van der Waals surface area contributed by atoms with Crippen molar-refractivity contribution in [2.45, 2.75) is 18.9 Å². The first-order valence-corrected chi connectivity index (χ1v) is 5.72. The van der Waals surface area contributed by atoms with Crippen molar-refractivity contribution in [3.63, 3.8) is 0 Å². The highest BCUT2D eigenvalue weighted by Gasteiger charge is 2.22. The van der Waals surface area contributed by atoms with E-state index >= 15 is 0 Å². The van der Waals surface area contributed by atoms with E-state index in [4.69, 9.17) is 9.84 Å². The van der Waals surface area contributed by atoms with Gasteiger partial charge >= 0.3 is 18.0 Å². The summed E-state index contributed by atoms with van der Waals surface area (Å²) in [6.45, 7) is 0.171. The van der Waals surface area contributed by atoms with Crippen LogP contribution in [0.25, 0.3) is 0 Å². The normalized spacial score (nSPS) is 11.5. The molecule has 0 radical (unpaired) electrons. The molecule has 0 fully saturated rings. The molecule has 0 aliphatic rings. The number of carboxylic acid groups (broad SMARTS) is 1. The fraction of sp³-hybridized carbons (Fsp3) is 0.727. The summed E-state index contributed by atoms with van der Waals surface area (Å²) in [5.74, 6) is -1.71. The third-order valence-electron chi connectivity index (χ3n) is 2.38. The summed E-state index contributed by atoms with van der Waals surface area (Å²) < 4.78 is 9.22. The Bertz CT molecular complexity index is 320. The molecule has 8 nitrogen and oxygen atoms in total. The number of nitrogens with one attached hydrogen (secondary N) is 1. The van der Waals surface area contributed by atoms with Crippen LogP contribution >= 0.6 is 0 Å². The number of amides is 2. The molecule has 0 heterocycles. The van der Waals surface area contributed by atoms with Crippen molar-refractivity contribution in [1.29, 1.82) is 0 Å². The maximum Gasteiger partial charge on any atom is 0.326 e. The Hall–Kier alpha value is -1.83. The summed E-state index contributed by atoms with van der Waals surface area (Å²) in [4.78, 5) is 34.7. The Morgan fingerprint density at radius 3 is 2.42 bits per heavy atom. The van der Waals surface area contributed by atoms with Crippen molar-refractivity contribution in [3.8, 4) is 0 Å². The number of esters is 1. The van der Waals surface area contributed by atoms with Gasteiger partial charge in [0.05, 0.1) is 7.11 Å². The second kappa shape index (κ2) is 9.15. The van der Waals surface area contributed by atoms with Crippen LogP contribution in [0.15, 0.2) is 0 Å². The van der Waals surface area contributed by atoms with Crippen LogP contribution in [-0.4, -0.2) is 68.4 Å². The summed E-state index contributed by atoms with van der Waals surface area (Å²) in [6, 6.07) is -1.65. The minimum atomic E-state index is -1.13. The molecule has 19 heavy (non-hydrogen) atoms. The minimum Gasteiger partial charge on any atom is -0.480 e. The number of carboxylic acids is 1. The van der Waals surface area contributed by atoms with Crippen LogP contribution < -0.4 is 5.32 Å². The van der Waals surface area contributed by atoms with Gasteiger partial charge in [0.1, 0.15) is 12.6 Å². The maximum absolute atomic E-state index is 11.7. The lowest BCUT2D eigenvalue weighted by molar-refractivity contribution is -0.141. The molecule has 1 atom stereocenters. The van der Waals surface area contributed by atoms with E-state index in [1.807, 2.05) is 0 Å². The van der Waals surface area contributed by atoms with Crippen molar-refractivity contribution < 1.29 is 29.0 Å². The number of rotatable bonds is 8. The summed E-state index contributed by atoms with van der Waals surface area (Å²) in [5.41, 5.74) is 0. The first kappa shape index (κ1) is 17.2. The average Bonchev–Trinajstić information content (AvgIpc) is 2.36. The molecule has 2 N–H and O–H groups in total. The number of carbonyl (C=O) groups excluding carboxylic acids is 2. The standard InChI is InChI=1S/C11H20N2O6/c1-13(7-9(14)19-3)11(17)12-8(10(15)16)5-4-6-18-2/h8H,4-7H2,1-3H3,(H,12,17)(H,15,16). The molecule has 0 aromatic rings. The van der Waals surface area contributed by atoms with Gasteiger partial charge in [-0.2, -0.15) is 0 Å². The lowest BCUT2D eigenvalue weighted by atomic mass is 10.1. The Kier molecular flexibility index (Phi) is 8.27. The zero-order valence-corrected chi connectivity index (χ0v) is 11.3. The third kappa shape index (κ3) is 7.24. The molecule has 1 unspecified atom stereocenters. The van der Waals surface area contributed by atoms with Crippen LogP contribution in [-0.2, 0) is 19.1 Å². The van der Waals surface area contributed by atoms with Gasteiger partial charge < -0.3 is 24.8 Å². The van der Waals surface area contributed by atoms with Crippen molar-refractivity contribution in [3.05, 3.63) is 0 Å². The number of nitrogens with zero attached hydrogens (tertiary/aromatic N) is 1. The zero-order valence-electron chi connectivity index (χ0n) is 11.3. The molecule has 0 bridgehead atoms. The van der Waals surface area contributed by atoms with Gasteiger partial charge in [0.25, 0.3) is 0 Å². The summed E-state index contributed by atoms with van der Waals surface area (Å²) in [7, 11) is 4.09. The highest BCUT2D eigenvalue weighted by atomic mass is 16.5. The molecule has 0 rings (SSSR count). The molecule has 0 aromatic heterocycles. The second-order valence-corrected chi connectivity index (χ2v) is 3.91. The van der Waals surface area contributed by atoms with Crippen LogP contribution in [0.3, 0.4) is 0 Å². The van der Waals surface area contributed by atoms with E-state index in [0.717, 1.165) is 4.90 Å². The topological polar surface area (TPSA) is 105 Å². The highest BCUT2D eigenvalue weighted by molar-refractivity contribution is 5.84. The Morgan fingerprint density at radius 2 is 1.95 bits per heavy atom. The summed E-state index contributed by atoms with van der Waals surface area (Å²) in [5, 5.41) is 11.3. The van der Waals surface area contributed by atoms with E-state index in [9.17, 15) is 14.4 Å². The second-order valence-electron chi connectivity index (χ2n) is 3.91. The fourth-order valence-electron chi connectivity index (χ4n) is 1.28. The molecule has 8 heteroatoms.